The molecule has 2 atom stereocenters. The summed E-state index contributed by atoms with van der Waals surface area (Å²) < 4.78 is 16.9. The molecule has 36 heavy (non-hydrogen) atoms. The highest BCUT2D eigenvalue weighted by atomic mass is 35.5. The van der Waals surface area contributed by atoms with Crippen molar-refractivity contribution >= 4 is 29.2 Å². The fourth-order valence-electron chi connectivity index (χ4n) is 5.38. The molecule has 0 saturated carbocycles. The molecule has 1 aromatic rings. The number of benzene rings is 1. The number of fused-ring (bicyclic) bond motifs is 3. The molecule has 0 spiro atoms. The van der Waals surface area contributed by atoms with Gasteiger partial charge in [-0.1, -0.05) is 18.0 Å². The van der Waals surface area contributed by atoms with Crippen LogP contribution >= 0.6 is 11.6 Å². The SMILES string of the molecule is COc1cc(N)c(Cl)cc1C(=O)NC[C@H]1CN(CCCCCC(=O)OC2CN3CCC2CC3)CCO1. The van der Waals surface area contributed by atoms with Crippen LogP contribution in [0.5, 0.6) is 5.75 Å². The molecule has 0 radical (unpaired) electrons. The van der Waals surface area contributed by atoms with Crippen LogP contribution < -0.4 is 15.8 Å². The number of amides is 1. The largest absolute Gasteiger partial charge is 0.496 e. The van der Waals surface area contributed by atoms with Crippen LogP contribution in [0.3, 0.4) is 0 Å². The average molecular weight is 523 g/mol. The van der Waals surface area contributed by atoms with Crippen LogP contribution in [0.4, 0.5) is 5.69 Å². The number of nitrogens with two attached hydrogens (primary N) is 1. The van der Waals surface area contributed by atoms with Crippen molar-refractivity contribution in [2.75, 3.05) is 65.3 Å². The van der Waals surface area contributed by atoms with Gasteiger partial charge in [-0.05, 0) is 57.3 Å². The summed E-state index contributed by atoms with van der Waals surface area (Å²) in [6, 6.07) is 3.07. The van der Waals surface area contributed by atoms with Gasteiger partial charge in [0.25, 0.3) is 5.91 Å². The first-order chi connectivity index (χ1) is 17.4. The van der Waals surface area contributed by atoms with Gasteiger partial charge in [-0.15, -0.1) is 0 Å². The first-order valence-electron chi connectivity index (χ1n) is 13.1. The molecule has 0 aromatic heterocycles. The molecule has 200 valence electrons. The molecule has 3 N–H and O–H groups in total. The number of unbranched alkanes of at least 4 members (excludes halogenated alkanes) is 2. The topological polar surface area (TPSA) is 106 Å². The monoisotopic (exact) mass is 522 g/mol. The minimum atomic E-state index is -0.278. The number of nitrogens with one attached hydrogen (secondary N) is 1. The molecule has 10 heteroatoms. The fraction of sp³-hybridized carbons (Fsp3) is 0.692. The highest BCUT2D eigenvalue weighted by molar-refractivity contribution is 6.33. The van der Waals surface area contributed by atoms with Gasteiger partial charge in [0.15, 0.2) is 0 Å². The Kier molecular flexibility index (Phi) is 9.70. The number of carbonyl (C=O) groups excluding carboxylic acids is 2. The number of hydrogen-bond acceptors (Lipinski definition) is 8. The Bertz CT molecular complexity index is 909. The number of ether oxygens (including phenoxy) is 3. The maximum Gasteiger partial charge on any atom is 0.306 e. The third-order valence-electron chi connectivity index (χ3n) is 7.51. The summed E-state index contributed by atoms with van der Waals surface area (Å²) >= 11 is 6.08. The van der Waals surface area contributed by atoms with Crippen LogP contribution in [0.1, 0.15) is 48.9 Å². The zero-order valence-corrected chi connectivity index (χ0v) is 21.9. The van der Waals surface area contributed by atoms with Crippen molar-refractivity contribution in [1.29, 1.82) is 0 Å². The second kappa shape index (κ2) is 12.9. The van der Waals surface area contributed by atoms with Crippen LogP contribution in [0.2, 0.25) is 5.02 Å². The van der Waals surface area contributed by atoms with Gasteiger partial charge in [0.2, 0.25) is 0 Å². The molecular weight excluding hydrogens is 484 g/mol. The van der Waals surface area contributed by atoms with E-state index in [1.54, 1.807) is 6.07 Å². The molecule has 4 saturated heterocycles. The molecule has 1 unspecified atom stereocenters. The normalized spacial score (nSPS) is 25.9. The lowest BCUT2D eigenvalue weighted by Gasteiger charge is -2.43. The summed E-state index contributed by atoms with van der Waals surface area (Å²) in [5.41, 5.74) is 6.51. The van der Waals surface area contributed by atoms with Gasteiger partial charge in [-0.25, -0.2) is 0 Å². The number of piperidine rings is 3. The number of nitrogen functional groups attached to an aromatic ring is 1. The summed E-state index contributed by atoms with van der Waals surface area (Å²) in [7, 11) is 1.49. The first-order valence-corrected chi connectivity index (χ1v) is 13.5. The molecule has 4 fully saturated rings. The number of hydrogen-bond donors (Lipinski definition) is 2. The number of nitrogens with zero attached hydrogens (tertiary/aromatic N) is 2. The number of methoxy groups -OCH3 is 1. The highest BCUT2D eigenvalue weighted by Gasteiger charge is 2.36. The quantitative estimate of drug-likeness (QED) is 0.259. The Morgan fingerprint density at radius 2 is 1.97 bits per heavy atom. The summed E-state index contributed by atoms with van der Waals surface area (Å²) in [5.74, 6) is 0.618. The van der Waals surface area contributed by atoms with Gasteiger partial charge in [-0.3, -0.25) is 19.4 Å². The molecule has 1 amide bonds. The van der Waals surface area contributed by atoms with E-state index in [0.717, 1.165) is 71.4 Å². The fourth-order valence-corrected chi connectivity index (χ4v) is 5.54. The number of esters is 1. The van der Waals surface area contributed by atoms with Crippen LogP contribution in [-0.4, -0.2) is 93.4 Å². The molecule has 5 rings (SSSR count). The second-order valence-corrected chi connectivity index (χ2v) is 10.5. The summed E-state index contributed by atoms with van der Waals surface area (Å²) in [4.78, 5) is 29.7. The smallest absolute Gasteiger partial charge is 0.306 e. The summed E-state index contributed by atoms with van der Waals surface area (Å²) in [6.45, 7) is 6.81. The minimum absolute atomic E-state index is 0.0463. The van der Waals surface area contributed by atoms with E-state index in [1.165, 1.54) is 13.2 Å². The Hall–Kier alpha value is -2.07. The lowest BCUT2D eigenvalue weighted by Crippen LogP contribution is -2.51. The molecule has 9 nitrogen and oxygen atoms in total. The Morgan fingerprint density at radius 3 is 2.69 bits per heavy atom. The molecule has 4 aliphatic heterocycles. The number of anilines is 1. The molecular formula is C26H39ClN4O5. The molecule has 4 heterocycles. The maximum atomic E-state index is 12.7. The van der Waals surface area contributed by atoms with Gasteiger partial charge in [-0.2, -0.15) is 0 Å². The van der Waals surface area contributed by atoms with Crippen LogP contribution in [0.15, 0.2) is 12.1 Å². The van der Waals surface area contributed by atoms with Crippen molar-refractivity contribution in [2.45, 2.75) is 50.7 Å². The number of morpholine rings is 1. The van der Waals surface area contributed by atoms with E-state index < -0.39 is 0 Å². The zero-order valence-electron chi connectivity index (χ0n) is 21.2. The summed E-state index contributed by atoms with van der Waals surface area (Å²) in [5, 5.41) is 3.23. The van der Waals surface area contributed by atoms with Crippen LogP contribution in [0.25, 0.3) is 0 Å². The first kappa shape index (κ1) is 27.0. The van der Waals surface area contributed by atoms with Gasteiger partial charge >= 0.3 is 5.97 Å². The van der Waals surface area contributed by atoms with Crippen molar-refractivity contribution in [1.82, 2.24) is 15.1 Å². The molecule has 1 aromatic carbocycles. The van der Waals surface area contributed by atoms with Crippen molar-refractivity contribution in [3.63, 3.8) is 0 Å². The van der Waals surface area contributed by atoms with E-state index in [-0.39, 0.29) is 24.1 Å². The average Bonchev–Trinajstić information content (AvgIpc) is 2.89. The van der Waals surface area contributed by atoms with Crippen LogP contribution in [-0.2, 0) is 14.3 Å². The number of halogens is 1. The van der Waals surface area contributed by atoms with E-state index >= 15 is 0 Å². The Labute approximate surface area is 218 Å². The number of carbonyl (C=O) groups is 2. The predicted octanol–water partition coefficient (Wildman–Crippen LogP) is 2.56. The molecule has 2 bridgehead atoms. The van der Waals surface area contributed by atoms with E-state index in [2.05, 4.69) is 15.1 Å². The third-order valence-corrected chi connectivity index (χ3v) is 7.84. The van der Waals surface area contributed by atoms with Gasteiger partial charge in [0.05, 0.1) is 36.1 Å². The van der Waals surface area contributed by atoms with E-state index in [4.69, 9.17) is 31.5 Å². The second-order valence-electron chi connectivity index (χ2n) is 10.1. The number of rotatable bonds is 11. The highest BCUT2D eigenvalue weighted by Crippen LogP contribution is 2.30. The summed E-state index contributed by atoms with van der Waals surface area (Å²) in [6.07, 6.45) is 5.70. The van der Waals surface area contributed by atoms with E-state index in [9.17, 15) is 9.59 Å². The predicted molar refractivity (Wildman–Crippen MR) is 138 cm³/mol. The van der Waals surface area contributed by atoms with E-state index in [1.807, 2.05) is 0 Å². The zero-order chi connectivity index (χ0) is 25.5. The van der Waals surface area contributed by atoms with Gasteiger partial charge in [0, 0.05) is 38.7 Å². The van der Waals surface area contributed by atoms with Crippen molar-refractivity contribution < 1.29 is 23.8 Å². The third kappa shape index (κ3) is 7.25. The van der Waals surface area contributed by atoms with Crippen molar-refractivity contribution in [2.24, 2.45) is 5.92 Å². The molecule has 4 aliphatic rings. The minimum Gasteiger partial charge on any atom is -0.496 e. The van der Waals surface area contributed by atoms with Crippen molar-refractivity contribution in [3.05, 3.63) is 22.7 Å². The maximum absolute atomic E-state index is 12.7. The standard InChI is InChI=1S/C26H39ClN4O5/c1-34-23-14-22(28)21(27)13-20(23)26(33)29-15-19-16-30(11-12-35-19)8-4-2-3-5-25(32)36-24-17-31-9-6-18(24)7-10-31/h13-14,18-19,24H,2-12,15-17,28H2,1H3,(H,29,33)/t19-,24?/m0/s1. The molecule has 0 aliphatic carbocycles. The lowest BCUT2D eigenvalue weighted by molar-refractivity contribution is -0.158. The Balaban J connectivity index is 1.11. The van der Waals surface area contributed by atoms with Gasteiger partial charge in [0.1, 0.15) is 11.9 Å². The Morgan fingerprint density at radius 1 is 1.17 bits per heavy atom. The van der Waals surface area contributed by atoms with E-state index in [0.29, 0.717) is 47.5 Å². The lowest BCUT2D eigenvalue weighted by atomic mass is 9.86. The van der Waals surface area contributed by atoms with Gasteiger partial charge < -0.3 is 25.3 Å². The van der Waals surface area contributed by atoms with Crippen molar-refractivity contribution in [3.8, 4) is 5.75 Å². The van der Waals surface area contributed by atoms with Crippen LogP contribution in [0, 0.1) is 5.92 Å².